The van der Waals surface area contributed by atoms with Crippen LogP contribution in [0.2, 0.25) is 0 Å². The van der Waals surface area contributed by atoms with Gasteiger partial charge in [0.1, 0.15) is 5.82 Å². The molecule has 0 amide bonds. The van der Waals surface area contributed by atoms with Crippen molar-refractivity contribution < 1.29 is 4.92 Å². The molecule has 0 aliphatic heterocycles. The van der Waals surface area contributed by atoms with E-state index < -0.39 is 0 Å². The molecule has 2 aromatic rings. The first kappa shape index (κ1) is 11.6. The molecule has 0 saturated carbocycles. The van der Waals surface area contributed by atoms with Gasteiger partial charge in [-0.3, -0.25) is 10.1 Å². The van der Waals surface area contributed by atoms with Gasteiger partial charge in [0.2, 0.25) is 0 Å². The fraction of sp³-hybridized carbons (Fsp3) is 0.417. The summed E-state index contributed by atoms with van der Waals surface area (Å²) in [6, 6.07) is 3.53. The van der Waals surface area contributed by atoms with Crippen LogP contribution < -0.4 is 0 Å². The van der Waals surface area contributed by atoms with E-state index in [1.54, 1.807) is 6.07 Å². The summed E-state index contributed by atoms with van der Waals surface area (Å²) in [7, 11) is 0. The lowest BCUT2D eigenvalue weighted by Crippen LogP contribution is -1.99. The molecule has 17 heavy (non-hydrogen) atoms. The zero-order chi connectivity index (χ0) is 12.6. The Morgan fingerprint density at radius 3 is 2.71 bits per heavy atom. The summed E-state index contributed by atoms with van der Waals surface area (Å²) in [6.45, 7) is 6.66. The predicted octanol–water partition coefficient (Wildman–Crippen LogP) is 2.97. The van der Waals surface area contributed by atoms with Gasteiger partial charge in [0.25, 0.3) is 5.69 Å². The largest absolute Gasteiger partial charge is 0.328 e. The van der Waals surface area contributed by atoms with E-state index in [1.807, 2.05) is 24.5 Å². The molecule has 2 rings (SSSR count). The molecule has 0 saturated heterocycles. The minimum Gasteiger partial charge on any atom is -0.328 e. The fourth-order valence-corrected chi connectivity index (χ4v) is 2.10. The van der Waals surface area contributed by atoms with Crippen LogP contribution in [0, 0.1) is 24.0 Å². The molecule has 5 nitrogen and oxygen atoms in total. The number of aryl methyl sites for hydroxylation is 3. The standard InChI is InChI=1S/C12H15N3O2/c1-4-5-14-9(3)13-12-10(14)6-8(2)7-11(12)15(16)17/h6-7H,4-5H2,1-3H3. The van der Waals surface area contributed by atoms with Crippen molar-refractivity contribution in [3.05, 3.63) is 33.6 Å². The van der Waals surface area contributed by atoms with Crippen molar-refractivity contribution >= 4 is 16.7 Å². The third-order valence-corrected chi connectivity index (χ3v) is 2.81. The van der Waals surface area contributed by atoms with Gasteiger partial charge in [-0.15, -0.1) is 0 Å². The summed E-state index contributed by atoms with van der Waals surface area (Å²) >= 11 is 0. The van der Waals surface area contributed by atoms with E-state index in [2.05, 4.69) is 11.9 Å². The maximum absolute atomic E-state index is 11.0. The van der Waals surface area contributed by atoms with Gasteiger partial charge in [0.15, 0.2) is 5.52 Å². The number of aromatic nitrogens is 2. The summed E-state index contributed by atoms with van der Waals surface area (Å²) < 4.78 is 2.04. The highest BCUT2D eigenvalue weighted by molar-refractivity contribution is 5.86. The minimum atomic E-state index is -0.363. The van der Waals surface area contributed by atoms with Gasteiger partial charge in [-0.05, 0) is 31.9 Å². The Hall–Kier alpha value is -1.91. The van der Waals surface area contributed by atoms with Crippen molar-refractivity contribution in [1.82, 2.24) is 9.55 Å². The van der Waals surface area contributed by atoms with Crippen LogP contribution in [0.3, 0.4) is 0 Å². The highest BCUT2D eigenvalue weighted by Gasteiger charge is 2.18. The van der Waals surface area contributed by atoms with Crippen molar-refractivity contribution in [2.45, 2.75) is 33.7 Å². The Morgan fingerprint density at radius 1 is 1.41 bits per heavy atom. The van der Waals surface area contributed by atoms with Crippen LogP contribution in [-0.4, -0.2) is 14.5 Å². The molecule has 0 N–H and O–H groups in total. The van der Waals surface area contributed by atoms with Crippen molar-refractivity contribution in [2.24, 2.45) is 0 Å². The molecule has 0 aliphatic carbocycles. The molecular formula is C12H15N3O2. The van der Waals surface area contributed by atoms with Crippen LogP contribution in [0.15, 0.2) is 12.1 Å². The lowest BCUT2D eigenvalue weighted by atomic mass is 10.2. The van der Waals surface area contributed by atoms with E-state index in [4.69, 9.17) is 0 Å². The molecular weight excluding hydrogens is 218 g/mol. The van der Waals surface area contributed by atoms with Crippen molar-refractivity contribution in [2.75, 3.05) is 0 Å². The molecule has 0 fully saturated rings. The molecule has 90 valence electrons. The smallest absolute Gasteiger partial charge is 0.297 e. The van der Waals surface area contributed by atoms with Crippen LogP contribution in [0.5, 0.6) is 0 Å². The second kappa shape index (κ2) is 4.16. The zero-order valence-electron chi connectivity index (χ0n) is 10.2. The Bertz CT molecular complexity index is 587. The molecule has 0 radical (unpaired) electrons. The van der Waals surface area contributed by atoms with Gasteiger partial charge < -0.3 is 4.57 Å². The predicted molar refractivity (Wildman–Crippen MR) is 66.2 cm³/mol. The van der Waals surface area contributed by atoms with E-state index in [0.29, 0.717) is 5.52 Å². The number of rotatable bonds is 3. The lowest BCUT2D eigenvalue weighted by Gasteiger charge is -2.04. The van der Waals surface area contributed by atoms with Gasteiger partial charge >= 0.3 is 0 Å². The number of benzene rings is 1. The van der Waals surface area contributed by atoms with Crippen LogP contribution in [0.1, 0.15) is 24.7 Å². The van der Waals surface area contributed by atoms with Crippen molar-refractivity contribution in [3.63, 3.8) is 0 Å². The highest BCUT2D eigenvalue weighted by Crippen LogP contribution is 2.27. The highest BCUT2D eigenvalue weighted by atomic mass is 16.6. The van der Waals surface area contributed by atoms with Crippen molar-refractivity contribution in [1.29, 1.82) is 0 Å². The summed E-state index contributed by atoms with van der Waals surface area (Å²) in [5, 5.41) is 11.0. The second-order valence-electron chi connectivity index (χ2n) is 4.22. The van der Waals surface area contributed by atoms with Crippen LogP contribution in [0.4, 0.5) is 5.69 Å². The average molecular weight is 233 g/mol. The first-order valence-electron chi connectivity index (χ1n) is 5.66. The SMILES string of the molecule is CCCn1c(C)nc2c([N+](=O)[O-])cc(C)cc21. The molecule has 1 aromatic heterocycles. The van der Waals surface area contributed by atoms with Crippen LogP contribution in [0.25, 0.3) is 11.0 Å². The first-order valence-corrected chi connectivity index (χ1v) is 5.66. The summed E-state index contributed by atoms with van der Waals surface area (Å²) in [5.41, 5.74) is 2.34. The Kier molecular flexibility index (Phi) is 2.83. The number of non-ortho nitro benzene ring substituents is 1. The van der Waals surface area contributed by atoms with Gasteiger partial charge in [-0.25, -0.2) is 4.98 Å². The van der Waals surface area contributed by atoms with Crippen LogP contribution in [-0.2, 0) is 6.54 Å². The molecule has 0 aliphatic rings. The summed E-state index contributed by atoms with van der Waals surface area (Å²) in [5.74, 6) is 0.829. The van der Waals surface area contributed by atoms with Gasteiger partial charge in [-0.2, -0.15) is 0 Å². The molecule has 0 spiro atoms. The number of nitro benzene ring substituents is 1. The molecule has 0 unspecified atom stereocenters. The summed E-state index contributed by atoms with van der Waals surface area (Å²) in [6.07, 6.45) is 0.980. The zero-order valence-corrected chi connectivity index (χ0v) is 10.2. The number of fused-ring (bicyclic) bond motifs is 1. The molecule has 0 bridgehead atoms. The van der Waals surface area contributed by atoms with Gasteiger partial charge in [-0.1, -0.05) is 6.92 Å². The minimum absolute atomic E-state index is 0.0953. The third kappa shape index (κ3) is 1.88. The van der Waals surface area contributed by atoms with E-state index in [9.17, 15) is 10.1 Å². The average Bonchev–Trinajstić information content (AvgIpc) is 2.55. The molecule has 1 heterocycles. The lowest BCUT2D eigenvalue weighted by molar-refractivity contribution is -0.383. The number of hydrogen-bond donors (Lipinski definition) is 0. The second-order valence-corrected chi connectivity index (χ2v) is 4.22. The van der Waals surface area contributed by atoms with Crippen molar-refractivity contribution in [3.8, 4) is 0 Å². The Morgan fingerprint density at radius 2 is 2.12 bits per heavy atom. The van der Waals surface area contributed by atoms with Crippen LogP contribution >= 0.6 is 0 Å². The number of hydrogen-bond acceptors (Lipinski definition) is 3. The topological polar surface area (TPSA) is 61.0 Å². The third-order valence-electron chi connectivity index (χ3n) is 2.81. The fourth-order valence-electron chi connectivity index (χ4n) is 2.10. The maximum Gasteiger partial charge on any atom is 0.297 e. The monoisotopic (exact) mass is 233 g/mol. The Labute approximate surface area is 99.2 Å². The quantitative estimate of drug-likeness (QED) is 0.604. The number of nitro groups is 1. The normalized spacial score (nSPS) is 11.0. The van der Waals surface area contributed by atoms with E-state index in [1.165, 1.54) is 0 Å². The van der Waals surface area contributed by atoms with E-state index in [-0.39, 0.29) is 10.6 Å². The molecule has 0 atom stereocenters. The van der Waals surface area contributed by atoms with E-state index >= 15 is 0 Å². The first-order chi connectivity index (χ1) is 8.04. The van der Waals surface area contributed by atoms with Gasteiger partial charge in [0, 0.05) is 12.6 Å². The molecule has 5 heteroatoms. The number of imidazole rings is 1. The summed E-state index contributed by atoms with van der Waals surface area (Å²) in [4.78, 5) is 15.0. The molecule has 1 aromatic carbocycles. The maximum atomic E-state index is 11.0. The van der Waals surface area contributed by atoms with E-state index in [0.717, 1.165) is 29.9 Å². The van der Waals surface area contributed by atoms with Gasteiger partial charge in [0.05, 0.1) is 10.4 Å². The number of nitrogens with zero attached hydrogens (tertiary/aromatic N) is 3. The Balaban J connectivity index is 2.79.